The Morgan fingerprint density at radius 2 is 1.82 bits per heavy atom. The summed E-state index contributed by atoms with van der Waals surface area (Å²) in [6.45, 7) is -1.71. The van der Waals surface area contributed by atoms with Crippen LogP contribution < -0.4 is 14.8 Å². The van der Waals surface area contributed by atoms with E-state index in [4.69, 9.17) is 14.6 Å². The number of nitrogens with zero attached hydrogens (tertiary/aromatic N) is 2. The van der Waals surface area contributed by atoms with Gasteiger partial charge in [-0.2, -0.15) is 0 Å². The zero-order chi connectivity index (χ0) is 23.3. The minimum atomic E-state index is -2.10. The number of benzene rings is 2. The number of halogens is 2. The van der Waals surface area contributed by atoms with Crippen molar-refractivity contribution in [1.29, 1.82) is 0 Å². The fraction of sp³-hybridized carbons (Fsp3) is 0.333. The smallest absolute Gasteiger partial charge is 0.164 e. The van der Waals surface area contributed by atoms with Gasteiger partial charge in [0.25, 0.3) is 0 Å². The fourth-order valence-corrected chi connectivity index (χ4v) is 3.44. The lowest BCUT2D eigenvalue weighted by atomic mass is 10.0. The van der Waals surface area contributed by atoms with E-state index in [1.165, 1.54) is 19.5 Å². The predicted molar refractivity (Wildman–Crippen MR) is 123 cm³/mol. The van der Waals surface area contributed by atoms with Gasteiger partial charge in [0.05, 0.1) is 25.8 Å². The van der Waals surface area contributed by atoms with Crippen LogP contribution in [0.5, 0.6) is 11.5 Å². The normalized spacial score (nSPS) is 14.6. The van der Waals surface area contributed by atoms with E-state index in [0.29, 0.717) is 16.7 Å². The Bertz CT molecular complexity index is 1060. The van der Waals surface area contributed by atoms with Gasteiger partial charge < -0.3 is 40.7 Å². The summed E-state index contributed by atoms with van der Waals surface area (Å²) in [5, 5.41) is 42.3. The van der Waals surface area contributed by atoms with E-state index in [1.54, 1.807) is 6.07 Å². The maximum absolute atomic E-state index is 13.6. The maximum Gasteiger partial charge on any atom is 0.164 e. The summed E-state index contributed by atoms with van der Waals surface area (Å²) in [6.07, 6.45) is -5.88. The summed E-state index contributed by atoms with van der Waals surface area (Å²) in [6, 6.07) is 10.7. The lowest BCUT2D eigenvalue weighted by molar-refractivity contribution is -0.0981. The molecule has 33 heavy (non-hydrogen) atoms. The summed E-state index contributed by atoms with van der Waals surface area (Å²) in [5.74, 6) is 0.857. The van der Waals surface area contributed by atoms with Crippen molar-refractivity contribution in [3.05, 3.63) is 47.2 Å². The highest BCUT2D eigenvalue weighted by Crippen LogP contribution is 2.36. The number of rotatable bonds is 10. The molecule has 2 aromatic carbocycles. The first-order valence-electron chi connectivity index (χ1n) is 9.61. The van der Waals surface area contributed by atoms with Crippen molar-refractivity contribution in [2.45, 2.75) is 24.5 Å². The summed E-state index contributed by atoms with van der Waals surface area (Å²) < 4.78 is 25.5. The van der Waals surface area contributed by atoms with E-state index in [1.807, 2.05) is 24.3 Å². The predicted octanol–water partition coefficient (Wildman–Crippen LogP) is 1.11. The minimum absolute atomic E-state index is 0. The number of anilines is 2. The van der Waals surface area contributed by atoms with Crippen LogP contribution in [-0.4, -0.2) is 80.7 Å². The molecule has 12 heteroatoms. The molecule has 0 radical (unpaired) electrons. The van der Waals surface area contributed by atoms with Crippen LogP contribution in [0.3, 0.4) is 0 Å². The number of nitrogens with one attached hydrogen (secondary N) is 1. The topological polar surface area (TPSA) is 169 Å². The van der Waals surface area contributed by atoms with E-state index in [2.05, 4.69) is 31.2 Å². The van der Waals surface area contributed by atoms with Crippen molar-refractivity contribution >= 4 is 38.3 Å². The van der Waals surface area contributed by atoms with Gasteiger partial charge in [0.1, 0.15) is 24.4 Å². The van der Waals surface area contributed by atoms with Crippen LogP contribution in [-0.2, 0) is 0 Å². The van der Waals surface area contributed by atoms with Crippen LogP contribution in [0, 0.1) is 0 Å². The molecular weight excluding hydrogens is 505 g/mol. The van der Waals surface area contributed by atoms with Gasteiger partial charge >= 0.3 is 0 Å². The number of hydrogen-bond donors (Lipinski definition) is 5. The summed E-state index contributed by atoms with van der Waals surface area (Å²) in [7, 11) is 1.40. The van der Waals surface area contributed by atoms with E-state index in [0.717, 1.165) is 10.2 Å². The van der Waals surface area contributed by atoms with E-state index in [9.17, 15) is 19.7 Å². The third kappa shape index (κ3) is 6.25. The SMILES string of the molecule is COc1cc2c(Nc3cccc(Br)c3)ncnc2cc1O[C@H](CO)[C@H](O)[C@@H](O)[C@H](F)CO.O. The first-order chi connectivity index (χ1) is 15.4. The molecular formula is C21H25BrFN3O7. The molecule has 3 aromatic rings. The Kier molecular flexibility index (Phi) is 9.70. The van der Waals surface area contributed by atoms with Crippen molar-refractivity contribution < 1.29 is 39.8 Å². The number of aromatic nitrogens is 2. The van der Waals surface area contributed by atoms with Gasteiger partial charge in [-0.3, -0.25) is 0 Å². The molecule has 0 fully saturated rings. The molecule has 0 saturated carbocycles. The molecule has 4 atom stereocenters. The van der Waals surface area contributed by atoms with Crippen LogP contribution in [0.25, 0.3) is 10.9 Å². The molecule has 0 aliphatic carbocycles. The second-order valence-electron chi connectivity index (χ2n) is 6.90. The Morgan fingerprint density at radius 3 is 2.45 bits per heavy atom. The number of ether oxygens (including phenoxy) is 2. The molecule has 0 unspecified atom stereocenters. The molecule has 1 aromatic heterocycles. The third-order valence-electron chi connectivity index (χ3n) is 4.74. The highest BCUT2D eigenvalue weighted by atomic mass is 79.9. The van der Waals surface area contributed by atoms with Crippen molar-refractivity contribution in [3.63, 3.8) is 0 Å². The Balaban J connectivity index is 0.00000385. The van der Waals surface area contributed by atoms with Gasteiger partial charge in [0, 0.05) is 21.6 Å². The van der Waals surface area contributed by atoms with Gasteiger partial charge in [0.15, 0.2) is 23.8 Å². The fourth-order valence-electron chi connectivity index (χ4n) is 3.04. The molecule has 0 aliphatic rings. The number of fused-ring (bicyclic) bond motifs is 1. The maximum atomic E-state index is 13.6. The molecule has 0 spiro atoms. The van der Waals surface area contributed by atoms with Crippen molar-refractivity contribution in [2.24, 2.45) is 0 Å². The van der Waals surface area contributed by atoms with Gasteiger partial charge in [0.2, 0.25) is 0 Å². The average Bonchev–Trinajstić information content (AvgIpc) is 2.80. The zero-order valence-electron chi connectivity index (χ0n) is 17.5. The number of hydrogen-bond acceptors (Lipinski definition) is 9. The second kappa shape index (κ2) is 12.0. The first kappa shape index (κ1) is 26.6. The van der Waals surface area contributed by atoms with Crippen LogP contribution in [0.1, 0.15) is 0 Å². The largest absolute Gasteiger partial charge is 0.493 e. The molecule has 1 heterocycles. The van der Waals surface area contributed by atoms with Crippen molar-refractivity contribution in [1.82, 2.24) is 9.97 Å². The Labute approximate surface area is 197 Å². The third-order valence-corrected chi connectivity index (χ3v) is 5.24. The molecule has 0 amide bonds. The molecule has 10 nitrogen and oxygen atoms in total. The monoisotopic (exact) mass is 529 g/mol. The zero-order valence-corrected chi connectivity index (χ0v) is 19.1. The molecule has 0 aliphatic heterocycles. The quantitative estimate of drug-likeness (QED) is 0.258. The van der Waals surface area contributed by atoms with Crippen molar-refractivity contribution in [2.75, 3.05) is 25.6 Å². The number of methoxy groups -OCH3 is 1. The highest BCUT2D eigenvalue weighted by Gasteiger charge is 2.34. The number of aliphatic hydroxyl groups is 4. The van der Waals surface area contributed by atoms with Crippen LogP contribution in [0.4, 0.5) is 15.9 Å². The molecule has 0 bridgehead atoms. The summed E-state index contributed by atoms with van der Waals surface area (Å²) >= 11 is 3.42. The van der Waals surface area contributed by atoms with Gasteiger partial charge in [-0.1, -0.05) is 22.0 Å². The van der Waals surface area contributed by atoms with E-state index >= 15 is 0 Å². The lowest BCUT2D eigenvalue weighted by Crippen LogP contribution is -2.48. The molecule has 0 saturated heterocycles. The highest BCUT2D eigenvalue weighted by molar-refractivity contribution is 9.10. The average molecular weight is 530 g/mol. The lowest BCUT2D eigenvalue weighted by Gasteiger charge is -2.28. The summed E-state index contributed by atoms with van der Waals surface area (Å²) in [4.78, 5) is 8.51. The Morgan fingerprint density at radius 1 is 1.06 bits per heavy atom. The molecule has 7 N–H and O–H groups in total. The van der Waals surface area contributed by atoms with Gasteiger partial charge in [-0.15, -0.1) is 0 Å². The van der Waals surface area contributed by atoms with Crippen LogP contribution >= 0.6 is 15.9 Å². The van der Waals surface area contributed by atoms with Gasteiger partial charge in [-0.05, 0) is 24.3 Å². The van der Waals surface area contributed by atoms with E-state index in [-0.39, 0.29) is 17.0 Å². The van der Waals surface area contributed by atoms with E-state index < -0.39 is 37.7 Å². The Hall–Kier alpha value is -2.61. The number of aliphatic hydroxyl groups excluding tert-OH is 4. The first-order valence-corrected chi connectivity index (χ1v) is 10.4. The standard InChI is InChI=1S/C21H23BrFN3O6.H2O/c1-31-16-6-13-15(24-10-25-21(13)26-12-4-2-3-11(22)5-12)7-17(16)32-18(9-28)20(30)19(29)14(23)8-27;/h2-7,10,14,18-20,27-30H,8-9H2,1H3,(H,24,25,26);1H2/t14-,18-,19+,20+;/m1./s1. The van der Waals surface area contributed by atoms with Crippen LogP contribution in [0.15, 0.2) is 47.2 Å². The minimum Gasteiger partial charge on any atom is -0.493 e. The molecule has 3 rings (SSSR count). The van der Waals surface area contributed by atoms with Crippen molar-refractivity contribution in [3.8, 4) is 11.5 Å². The van der Waals surface area contributed by atoms with Crippen LogP contribution in [0.2, 0.25) is 0 Å². The second-order valence-corrected chi connectivity index (χ2v) is 7.81. The number of alkyl halides is 1. The molecule has 180 valence electrons. The summed E-state index contributed by atoms with van der Waals surface area (Å²) in [5.41, 5.74) is 1.26. The van der Waals surface area contributed by atoms with Gasteiger partial charge in [-0.25, -0.2) is 14.4 Å².